The number of hydrogen-bond acceptors (Lipinski definition) is 5. The van der Waals surface area contributed by atoms with Gasteiger partial charge in [0, 0.05) is 33.4 Å². The van der Waals surface area contributed by atoms with E-state index in [-0.39, 0.29) is 12.1 Å². The number of halogens is 2. The molecule has 0 spiro atoms. The van der Waals surface area contributed by atoms with E-state index in [0.29, 0.717) is 40.5 Å². The lowest BCUT2D eigenvalue weighted by molar-refractivity contribution is 0.0851. The number of aliphatic hydroxyl groups is 1. The van der Waals surface area contributed by atoms with Crippen LogP contribution in [0.15, 0.2) is 36.4 Å². The molecule has 1 heterocycles. The number of amides is 1. The molecule has 1 unspecified atom stereocenters. The first kappa shape index (κ1) is 23.7. The average molecular weight is 483 g/mol. The van der Waals surface area contributed by atoms with E-state index in [1.807, 2.05) is 17.6 Å². The van der Waals surface area contributed by atoms with Gasteiger partial charge >= 0.3 is 0 Å². The molecule has 0 aliphatic carbocycles. The molecule has 7 nitrogen and oxygen atoms in total. The number of imidazole rings is 1. The van der Waals surface area contributed by atoms with Crippen molar-refractivity contribution in [2.45, 2.75) is 39.3 Å². The molecule has 3 rings (SSSR count). The molecule has 2 aromatic carbocycles. The molecule has 3 aromatic rings. The summed E-state index contributed by atoms with van der Waals surface area (Å²) in [6.07, 6.45) is 0.199. The van der Waals surface area contributed by atoms with E-state index in [1.54, 1.807) is 37.3 Å². The third-order valence-electron chi connectivity index (χ3n) is 4.92. The minimum Gasteiger partial charge on any atom is -0.755 e. The van der Waals surface area contributed by atoms with Crippen LogP contribution in [0.25, 0.3) is 11.0 Å². The molecule has 1 aromatic heterocycles. The molecule has 166 valence electrons. The van der Waals surface area contributed by atoms with Crippen LogP contribution in [0.4, 0.5) is 0 Å². The van der Waals surface area contributed by atoms with Gasteiger partial charge in [-0.05, 0) is 62.6 Å². The Labute approximate surface area is 193 Å². The number of hydrogen-bond donors (Lipinski definition) is 1. The fraction of sp³-hybridized carbons (Fsp3) is 0.333. The largest absolute Gasteiger partial charge is 0.755 e. The van der Waals surface area contributed by atoms with E-state index in [9.17, 15) is 18.7 Å². The van der Waals surface area contributed by atoms with Gasteiger partial charge in [0.15, 0.2) is 0 Å². The summed E-state index contributed by atoms with van der Waals surface area (Å²) < 4.78 is 25.9. The van der Waals surface area contributed by atoms with Crippen LogP contribution in [0.3, 0.4) is 0 Å². The maximum Gasteiger partial charge on any atom is 0.264 e. The molecule has 0 saturated heterocycles. The second kappa shape index (κ2) is 10.1. The predicted octanol–water partition coefficient (Wildman–Crippen LogP) is 4.10. The lowest BCUT2D eigenvalue weighted by atomic mass is 10.1. The maximum atomic E-state index is 12.9. The number of fused-ring (bicyclic) bond motifs is 1. The number of carbonyl (C=O) groups excluding carboxylic acids is 1. The number of aliphatic hydroxyl groups excluding tert-OH is 1. The molecule has 31 heavy (non-hydrogen) atoms. The predicted molar refractivity (Wildman–Crippen MR) is 121 cm³/mol. The highest BCUT2D eigenvalue weighted by atomic mass is 35.5. The number of benzene rings is 2. The van der Waals surface area contributed by atoms with Crippen LogP contribution in [0.2, 0.25) is 10.0 Å². The maximum absolute atomic E-state index is 12.9. The number of aromatic nitrogens is 2. The summed E-state index contributed by atoms with van der Waals surface area (Å²) in [5.74, 6) is 0.0996. The van der Waals surface area contributed by atoms with Gasteiger partial charge in [0.1, 0.15) is 5.82 Å². The van der Waals surface area contributed by atoms with Crippen molar-refractivity contribution in [2.75, 3.05) is 6.54 Å². The molecule has 10 heteroatoms. The summed E-state index contributed by atoms with van der Waals surface area (Å²) in [5.41, 5.74) is 2.45. The van der Waals surface area contributed by atoms with Gasteiger partial charge in [0.2, 0.25) is 0 Å². The number of nitrogens with zero attached hydrogens (tertiary/aromatic N) is 3. The van der Waals surface area contributed by atoms with Gasteiger partial charge in [-0.2, -0.15) is 0 Å². The van der Waals surface area contributed by atoms with Gasteiger partial charge in [-0.1, -0.05) is 29.3 Å². The molecule has 0 aliphatic heterocycles. The summed E-state index contributed by atoms with van der Waals surface area (Å²) >= 11 is 9.57. The van der Waals surface area contributed by atoms with Crippen LogP contribution >= 0.6 is 23.2 Å². The fourth-order valence-electron chi connectivity index (χ4n) is 3.31. The molecule has 1 N–H and O–H groups in total. The van der Waals surface area contributed by atoms with Crippen LogP contribution < -0.4 is 0 Å². The quantitative estimate of drug-likeness (QED) is 0.487. The Morgan fingerprint density at radius 1 is 1.29 bits per heavy atom. The van der Waals surface area contributed by atoms with E-state index in [4.69, 9.17) is 23.2 Å². The van der Waals surface area contributed by atoms with Crippen molar-refractivity contribution in [3.63, 3.8) is 0 Å². The van der Waals surface area contributed by atoms with E-state index in [2.05, 4.69) is 4.98 Å². The van der Waals surface area contributed by atoms with Crippen molar-refractivity contribution in [2.24, 2.45) is 0 Å². The molecule has 0 aliphatic rings. The van der Waals surface area contributed by atoms with Crippen molar-refractivity contribution < 1.29 is 18.7 Å². The highest BCUT2D eigenvalue weighted by molar-refractivity contribution is 7.77. The van der Waals surface area contributed by atoms with Gasteiger partial charge in [-0.25, -0.2) is 4.98 Å². The molecule has 0 fully saturated rings. The smallest absolute Gasteiger partial charge is 0.264 e. The van der Waals surface area contributed by atoms with Crippen molar-refractivity contribution in [3.8, 4) is 0 Å². The van der Waals surface area contributed by atoms with Gasteiger partial charge in [0.25, 0.3) is 5.91 Å². The van der Waals surface area contributed by atoms with Crippen LogP contribution in [0.5, 0.6) is 0 Å². The normalized spacial score (nSPS) is 13.4. The second-order valence-corrected chi connectivity index (χ2v) is 9.02. The van der Waals surface area contributed by atoms with Crippen LogP contribution in [0.1, 0.15) is 41.5 Å². The van der Waals surface area contributed by atoms with E-state index < -0.39 is 23.3 Å². The Balaban J connectivity index is 1.93. The summed E-state index contributed by atoms with van der Waals surface area (Å²) in [5, 5.41) is 10.4. The first-order valence-corrected chi connectivity index (χ1v) is 11.5. The SMILES string of the molecule is Cc1nc2ccc(C(=O)N(CCC[C@@H](C)O)S(=O)[O-])cc2n1Cc1ccc(Cl)cc1Cl. The first-order chi connectivity index (χ1) is 14.7. The standard InChI is InChI=1S/C21H23Cl2N3O4S/c1-13(27)4-3-9-26(31(29)30)21(28)15-6-8-19-20(10-15)25(14(2)24-19)12-16-5-7-17(22)11-18(16)23/h5-8,10-11,13,27H,3-4,9,12H2,1-2H3,(H,29,30)/p-1/t13-/m1/s1. The Hall–Kier alpha value is -1.97. The summed E-state index contributed by atoms with van der Waals surface area (Å²) in [4.78, 5) is 17.4. The minimum atomic E-state index is -2.72. The molecule has 0 radical (unpaired) electrons. The molecule has 1 amide bonds. The molecular formula is C21H22Cl2N3O4S-. The lowest BCUT2D eigenvalue weighted by Crippen LogP contribution is -2.34. The summed E-state index contributed by atoms with van der Waals surface area (Å²) in [6.45, 7) is 3.88. The average Bonchev–Trinajstić information content (AvgIpc) is 3.00. The zero-order valence-electron chi connectivity index (χ0n) is 17.0. The van der Waals surface area contributed by atoms with Crippen LogP contribution in [-0.4, -0.2) is 46.3 Å². The summed E-state index contributed by atoms with van der Waals surface area (Å²) in [6, 6.07) is 10.1. The highest BCUT2D eigenvalue weighted by Gasteiger charge is 2.19. The number of rotatable bonds is 8. The lowest BCUT2D eigenvalue weighted by Gasteiger charge is -2.24. The monoisotopic (exact) mass is 482 g/mol. The van der Waals surface area contributed by atoms with Crippen LogP contribution in [-0.2, 0) is 17.8 Å². The second-order valence-electron chi connectivity index (χ2n) is 7.30. The van der Waals surface area contributed by atoms with Crippen molar-refractivity contribution in [1.82, 2.24) is 13.9 Å². The highest BCUT2D eigenvalue weighted by Crippen LogP contribution is 2.25. The van der Waals surface area contributed by atoms with Gasteiger partial charge in [0.05, 0.1) is 23.7 Å². The Bertz CT molecular complexity index is 1130. The van der Waals surface area contributed by atoms with Crippen LogP contribution in [0, 0.1) is 6.92 Å². The minimum absolute atomic E-state index is 0.00342. The van der Waals surface area contributed by atoms with Crippen molar-refractivity contribution >= 4 is 51.4 Å². The molecule has 0 bridgehead atoms. The van der Waals surface area contributed by atoms with Crippen molar-refractivity contribution in [1.29, 1.82) is 0 Å². The zero-order valence-corrected chi connectivity index (χ0v) is 19.4. The summed E-state index contributed by atoms with van der Waals surface area (Å²) in [7, 11) is 0. The zero-order chi connectivity index (χ0) is 22.7. The van der Waals surface area contributed by atoms with Gasteiger partial charge in [-0.3, -0.25) is 13.3 Å². The third-order valence-corrected chi connectivity index (χ3v) is 6.21. The molecule has 0 saturated carbocycles. The molecular weight excluding hydrogens is 461 g/mol. The fourth-order valence-corrected chi connectivity index (χ4v) is 4.30. The number of carbonyl (C=O) groups is 1. The Kier molecular flexibility index (Phi) is 7.72. The van der Waals surface area contributed by atoms with Gasteiger partial charge < -0.3 is 14.2 Å². The van der Waals surface area contributed by atoms with E-state index in [0.717, 1.165) is 15.7 Å². The first-order valence-electron chi connectivity index (χ1n) is 9.67. The Morgan fingerprint density at radius 3 is 2.68 bits per heavy atom. The Morgan fingerprint density at radius 2 is 2.03 bits per heavy atom. The molecule has 2 atom stereocenters. The van der Waals surface area contributed by atoms with Crippen molar-refractivity contribution in [3.05, 3.63) is 63.4 Å². The topological polar surface area (TPSA) is 98.5 Å². The third kappa shape index (κ3) is 5.64. The van der Waals surface area contributed by atoms with Gasteiger partial charge in [-0.15, -0.1) is 0 Å². The number of aryl methyl sites for hydroxylation is 1. The van der Waals surface area contributed by atoms with E-state index in [1.165, 1.54) is 0 Å². The van der Waals surface area contributed by atoms with E-state index >= 15 is 0 Å².